The molecule has 0 aromatic carbocycles. The van der Waals surface area contributed by atoms with E-state index in [1.54, 1.807) is 7.11 Å². The molecule has 0 spiro atoms. The minimum Gasteiger partial charge on any atom is -0.469 e. The van der Waals surface area contributed by atoms with Crippen molar-refractivity contribution in [3.63, 3.8) is 0 Å². The molecular weight excluding hydrogens is 1220 g/mol. The van der Waals surface area contributed by atoms with E-state index in [1.807, 2.05) is 7.11 Å². The van der Waals surface area contributed by atoms with E-state index in [0.717, 1.165) is 43.4 Å². The van der Waals surface area contributed by atoms with Gasteiger partial charge in [0.15, 0.2) is 8.32 Å². The minimum atomic E-state index is -2.04. The molecule has 1 aliphatic rings. The fourth-order valence-corrected chi connectivity index (χ4v) is 17.9. The zero-order chi connectivity index (χ0) is 72.1. The fraction of sp³-hybridized carbons (Fsp3) is 0.968. The molecule has 0 aromatic rings. The molecule has 0 bridgehead atoms. The number of rotatable bonds is 81. The summed E-state index contributed by atoms with van der Waals surface area (Å²) in [6.45, 7) is 21.4. The summed E-state index contributed by atoms with van der Waals surface area (Å²) < 4.78 is 18.6. The highest BCUT2D eigenvalue weighted by molar-refractivity contribution is 6.74. The van der Waals surface area contributed by atoms with Crippen LogP contribution in [0.4, 0.5) is 0 Å². The van der Waals surface area contributed by atoms with E-state index in [1.165, 1.54) is 437 Å². The Morgan fingerprint density at radius 2 is 0.636 bits per heavy atom. The lowest BCUT2D eigenvalue weighted by Crippen LogP contribution is -2.47. The minimum absolute atomic E-state index is 0.0254. The second-order valence-electron chi connectivity index (χ2n) is 35.3. The van der Waals surface area contributed by atoms with Crippen LogP contribution in [0.25, 0.3) is 0 Å². The van der Waals surface area contributed by atoms with Crippen molar-refractivity contribution in [1.29, 1.82) is 0 Å². The van der Waals surface area contributed by atoms with Crippen molar-refractivity contribution in [3.05, 3.63) is 12.2 Å². The molecule has 1 aliphatic carbocycles. The van der Waals surface area contributed by atoms with Crippen molar-refractivity contribution in [2.75, 3.05) is 14.2 Å². The molecule has 0 heterocycles. The summed E-state index contributed by atoms with van der Waals surface area (Å²) >= 11 is 0. The molecule has 0 aromatic heterocycles. The van der Waals surface area contributed by atoms with Crippen LogP contribution in [0.1, 0.15) is 511 Å². The van der Waals surface area contributed by atoms with Gasteiger partial charge >= 0.3 is 5.97 Å². The van der Waals surface area contributed by atoms with Gasteiger partial charge in [-0.2, -0.15) is 0 Å². The summed E-state index contributed by atoms with van der Waals surface area (Å²) in [5, 5.41) is 0.118. The average Bonchev–Trinajstić information content (AvgIpc) is 1.51. The standard InChI is InChI=1S/C94H186O4Si/c1-12-14-16-18-20-22-24-26-28-30-31-32-33-34-35-40-46-52-58-64-70-76-82-89(93(95)97-9)92(98-99(10,11)94(5,6)7)84-78-72-66-60-54-47-41-37-36-39-45-51-57-63-69-75-81-88-85-90(88)86(3)79-73-67-61-55-49-44-42-48-53-59-65-71-77-83-91(96-8)87(4)80-74-68-62-56-50-43-38-29-27-25-23-21-19-17-15-13-2/h36-37,86-92H,12-35,38-85H2,1-11H3/b37-36-/t86-,87-,88-,89?,90+,91-,92+/m0/s1. The Morgan fingerprint density at radius 3 is 0.949 bits per heavy atom. The zero-order valence-electron chi connectivity index (χ0n) is 70.2. The third-order valence-corrected chi connectivity index (χ3v) is 29.4. The van der Waals surface area contributed by atoms with Gasteiger partial charge in [0, 0.05) is 7.11 Å². The average molecular weight is 1410 g/mol. The number of carbonyl (C=O) groups is 1. The summed E-state index contributed by atoms with van der Waals surface area (Å²) in [4.78, 5) is 13.4. The van der Waals surface area contributed by atoms with E-state index < -0.39 is 8.32 Å². The van der Waals surface area contributed by atoms with Gasteiger partial charge < -0.3 is 13.9 Å². The number of unbranched alkanes of at least 4 members (excludes halogenated alkanes) is 60. The van der Waals surface area contributed by atoms with Crippen LogP contribution in [0, 0.1) is 29.6 Å². The van der Waals surface area contributed by atoms with Crippen LogP contribution in [-0.4, -0.2) is 40.7 Å². The van der Waals surface area contributed by atoms with Crippen LogP contribution >= 0.6 is 0 Å². The quantitative estimate of drug-likeness (QED) is 0.0263. The van der Waals surface area contributed by atoms with Gasteiger partial charge in [-0.05, 0) is 99.6 Å². The third-order valence-electron chi connectivity index (χ3n) is 24.9. The highest BCUT2D eigenvalue weighted by Gasteiger charge is 2.42. The molecule has 590 valence electrons. The SMILES string of the molecule is CCCCCCCCCCCCCCCCCCCCCCCCC(C(=O)OC)[C@@H](CCCCCCCC/C=C\CCCCCCCC[C@H]1C[C@@H]1[C@@H](C)CCCCCCCCCCCCCCC[C@H](OC)[C@@H](C)CCCCCCCCCCCCCCCCCC)O[Si](C)(C)C(C)(C)C. The highest BCUT2D eigenvalue weighted by atomic mass is 28.4. The van der Waals surface area contributed by atoms with Crippen LogP contribution in [0.15, 0.2) is 12.2 Å². The molecule has 1 rings (SSSR count). The lowest BCUT2D eigenvalue weighted by Gasteiger charge is -2.41. The van der Waals surface area contributed by atoms with Crippen molar-refractivity contribution in [2.45, 2.75) is 541 Å². The summed E-state index contributed by atoms with van der Waals surface area (Å²) in [6.07, 6.45) is 106. The maximum Gasteiger partial charge on any atom is 0.311 e. The number of hydrogen-bond acceptors (Lipinski definition) is 4. The maximum absolute atomic E-state index is 13.4. The summed E-state index contributed by atoms with van der Waals surface area (Å²) in [5.41, 5.74) is 0. The Hall–Kier alpha value is -0.653. The van der Waals surface area contributed by atoms with Crippen LogP contribution in [-0.2, 0) is 18.7 Å². The Labute approximate surface area is 626 Å². The molecule has 0 amide bonds. The molecule has 1 unspecified atom stereocenters. The van der Waals surface area contributed by atoms with Crippen LogP contribution < -0.4 is 0 Å². The molecule has 0 radical (unpaired) electrons. The van der Waals surface area contributed by atoms with Crippen molar-refractivity contribution in [3.8, 4) is 0 Å². The molecule has 5 heteroatoms. The van der Waals surface area contributed by atoms with Gasteiger partial charge in [0.1, 0.15) is 0 Å². The lowest BCUT2D eigenvalue weighted by molar-refractivity contribution is -0.149. The number of methoxy groups -OCH3 is 2. The van der Waals surface area contributed by atoms with Crippen molar-refractivity contribution in [2.24, 2.45) is 29.6 Å². The lowest BCUT2D eigenvalue weighted by atomic mass is 9.91. The normalized spacial score (nSPS) is 15.9. The van der Waals surface area contributed by atoms with Crippen LogP contribution in [0.5, 0.6) is 0 Å². The molecule has 99 heavy (non-hydrogen) atoms. The van der Waals surface area contributed by atoms with Crippen LogP contribution in [0.3, 0.4) is 0 Å². The molecule has 0 N–H and O–H groups in total. The second-order valence-corrected chi connectivity index (χ2v) is 40.0. The van der Waals surface area contributed by atoms with Gasteiger partial charge in [-0.3, -0.25) is 4.79 Å². The van der Waals surface area contributed by atoms with Gasteiger partial charge in [0.05, 0.1) is 25.2 Å². The monoisotopic (exact) mass is 1410 g/mol. The van der Waals surface area contributed by atoms with E-state index in [4.69, 9.17) is 13.9 Å². The first-order valence-electron chi connectivity index (χ1n) is 46.3. The molecule has 1 saturated carbocycles. The molecule has 0 saturated heterocycles. The van der Waals surface area contributed by atoms with Gasteiger partial charge in [-0.15, -0.1) is 0 Å². The van der Waals surface area contributed by atoms with Gasteiger partial charge in [0.25, 0.3) is 0 Å². The first-order chi connectivity index (χ1) is 48.3. The molecular formula is C94H186O4Si. The van der Waals surface area contributed by atoms with E-state index in [2.05, 4.69) is 73.7 Å². The molecule has 7 atom stereocenters. The Bertz CT molecular complexity index is 1650. The highest BCUT2D eigenvalue weighted by Crippen LogP contribution is 2.49. The van der Waals surface area contributed by atoms with E-state index in [-0.39, 0.29) is 23.0 Å². The van der Waals surface area contributed by atoms with Crippen molar-refractivity contribution in [1.82, 2.24) is 0 Å². The first kappa shape index (κ1) is 96.4. The maximum atomic E-state index is 13.4. The topological polar surface area (TPSA) is 44.8 Å². The first-order valence-corrected chi connectivity index (χ1v) is 49.2. The summed E-state index contributed by atoms with van der Waals surface area (Å²) in [7, 11) is 1.51. The second kappa shape index (κ2) is 71.6. The third kappa shape index (κ3) is 61.1. The summed E-state index contributed by atoms with van der Waals surface area (Å²) in [6, 6.07) is 0. The van der Waals surface area contributed by atoms with E-state index >= 15 is 0 Å². The Balaban J connectivity index is 1.99. The fourth-order valence-electron chi connectivity index (χ4n) is 16.5. The molecule has 4 nitrogen and oxygen atoms in total. The van der Waals surface area contributed by atoms with Gasteiger partial charge in [0.2, 0.25) is 0 Å². The number of allylic oxidation sites excluding steroid dienone is 2. The number of ether oxygens (including phenoxy) is 2. The number of carbonyl (C=O) groups excluding carboxylic acids is 1. The van der Waals surface area contributed by atoms with Crippen molar-refractivity contribution >= 4 is 14.3 Å². The van der Waals surface area contributed by atoms with Crippen molar-refractivity contribution < 1.29 is 18.7 Å². The van der Waals surface area contributed by atoms with E-state index in [9.17, 15) is 4.79 Å². The predicted octanol–water partition coefficient (Wildman–Crippen LogP) is 33.4. The summed E-state index contributed by atoms with van der Waals surface area (Å²) in [5.74, 6) is 3.60. The van der Waals surface area contributed by atoms with Gasteiger partial charge in [-0.25, -0.2) is 0 Å². The van der Waals surface area contributed by atoms with E-state index in [0.29, 0.717) is 12.0 Å². The molecule has 1 fully saturated rings. The molecule has 0 aliphatic heterocycles. The van der Waals surface area contributed by atoms with Crippen LogP contribution in [0.2, 0.25) is 18.1 Å². The Morgan fingerprint density at radius 1 is 0.364 bits per heavy atom. The zero-order valence-corrected chi connectivity index (χ0v) is 71.2. The largest absolute Gasteiger partial charge is 0.469 e. The smallest absolute Gasteiger partial charge is 0.311 e. The van der Waals surface area contributed by atoms with Gasteiger partial charge in [-0.1, -0.05) is 465 Å². The predicted molar refractivity (Wildman–Crippen MR) is 447 cm³/mol. The number of esters is 1. The number of hydrogen-bond donors (Lipinski definition) is 0. The Kier molecular flexibility index (Phi) is 69.7.